The summed E-state index contributed by atoms with van der Waals surface area (Å²) in [5, 5.41) is 0. The molecular formula is C32H36N2O4. The van der Waals surface area contributed by atoms with E-state index in [-0.39, 0.29) is 30.4 Å². The van der Waals surface area contributed by atoms with Crippen molar-refractivity contribution in [3.05, 3.63) is 88.4 Å². The largest absolute Gasteiger partial charge is 0.486 e. The van der Waals surface area contributed by atoms with Crippen molar-refractivity contribution in [1.82, 2.24) is 9.80 Å². The maximum atomic E-state index is 13.7. The first-order valence-electron chi connectivity index (χ1n) is 14.1. The number of aryl methyl sites for hydroxylation is 1. The summed E-state index contributed by atoms with van der Waals surface area (Å²) in [5.74, 6) is 2.11. The van der Waals surface area contributed by atoms with Gasteiger partial charge in [-0.2, -0.15) is 0 Å². The van der Waals surface area contributed by atoms with Crippen LogP contribution in [0.1, 0.15) is 83.1 Å². The molecule has 1 saturated heterocycles. The number of fused-ring (bicyclic) bond motifs is 1. The van der Waals surface area contributed by atoms with E-state index in [4.69, 9.17) is 9.15 Å². The van der Waals surface area contributed by atoms with Crippen LogP contribution in [-0.2, 0) is 17.8 Å². The van der Waals surface area contributed by atoms with Gasteiger partial charge in [0.05, 0.1) is 6.04 Å². The second-order valence-corrected chi connectivity index (χ2v) is 11.0. The fourth-order valence-electron chi connectivity index (χ4n) is 6.33. The molecule has 0 bridgehead atoms. The summed E-state index contributed by atoms with van der Waals surface area (Å²) < 4.78 is 12.0. The van der Waals surface area contributed by atoms with Crippen molar-refractivity contribution in [3.8, 4) is 5.75 Å². The van der Waals surface area contributed by atoms with Crippen molar-refractivity contribution in [2.24, 2.45) is 5.92 Å². The molecule has 0 N–H and O–H groups in total. The summed E-state index contributed by atoms with van der Waals surface area (Å²) in [6, 6.07) is 18.2. The van der Waals surface area contributed by atoms with E-state index in [1.807, 2.05) is 17.0 Å². The zero-order valence-electron chi connectivity index (χ0n) is 22.2. The van der Waals surface area contributed by atoms with Gasteiger partial charge in [0.2, 0.25) is 5.91 Å². The van der Waals surface area contributed by atoms with Gasteiger partial charge in [-0.3, -0.25) is 9.59 Å². The van der Waals surface area contributed by atoms with E-state index in [0.717, 1.165) is 81.5 Å². The molecule has 2 aromatic carbocycles. The molecule has 38 heavy (non-hydrogen) atoms. The van der Waals surface area contributed by atoms with Crippen molar-refractivity contribution in [2.75, 3.05) is 19.6 Å². The second kappa shape index (κ2) is 10.7. The van der Waals surface area contributed by atoms with Gasteiger partial charge in [0.25, 0.3) is 5.91 Å². The van der Waals surface area contributed by atoms with Gasteiger partial charge < -0.3 is 19.0 Å². The first-order chi connectivity index (χ1) is 18.6. The lowest BCUT2D eigenvalue weighted by Gasteiger charge is -2.39. The number of hydrogen-bond donors (Lipinski definition) is 0. The Morgan fingerprint density at radius 2 is 1.76 bits per heavy atom. The van der Waals surface area contributed by atoms with Crippen molar-refractivity contribution in [2.45, 2.75) is 64.5 Å². The van der Waals surface area contributed by atoms with Gasteiger partial charge in [-0.25, -0.2) is 0 Å². The molecule has 198 valence electrons. The van der Waals surface area contributed by atoms with E-state index in [1.54, 1.807) is 6.07 Å². The maximum Gasteiger partial charge on any atom is 0.289 e. The highest BCUT2D eigenvalue weighted by Gasteiger charge is 2.36. The lowest BCUT2D eigenvalue weighted by Crippen LogP contribution is -2.43. The molecule has 1 unspecified atom stereocenters. The molecule has 2 fully saturated rings. The number of nitrogens with zero attached hydrogens (tertiary/aromatic N) is 2. The Bertz CT molecular complexity index is 1320. The normalized spacial score (nSPS) is 19.6. The Morgan fingerprint density at radius 3 is 2.55 bits per heavy atom. The Morgan fingerprint density at radius 1 is 0.947 bits per heavy atom. The number of rotatable bonds is 6. The molecular weight excluding hydrogens is 476 g/mol. The van der Waals surface area contributed by atoms with Gasteiger partial charge in [-0.15, -0.1) is 0 Å². The number of ether oxygens (including phenoxy) is 1. The Balaban J connectivity index is 1.24. The summed E-state index contributed by atoms with van der Waals surface area (Å²) >= 11 is 0. The van der Waals surface area contributed by atoms with Crippen LogP contribution in [-0.4, -0.2) is 41.2 Å². The SMILES string of the molecule is Cc1cccc(C2c3cc(OCc4ccc(C(=O)N5CCCC5)o4)ccc3CCN2C(=O)C2CCCC2)c1. The number of likely N-dealkylation sites (tertiary alicyclic amines) is 1. The summed E-state index contributed by atoms with van der Waals surface area (Å²) in [5.41, 5.74) is 4.73. The quantitative estimate of drug-likeness (QED) is 0.402. The van der Waals surface area contributed by atoms with Gasteiger partial charge >= 0.3 is 0 Å². The second-order valence-electron chi connectivity index (χ2n) is 11.0. The smallest absolute Gasteiger partial charge is 0.289 e. The van der Waals surface area contributed by atoms with Gasteiger partial charge in [0.15, 0.2) is 5.76 Å². The van der Waals surface area contributed by atoms with Crippen LogP contribution >= 0.6 is 0 Å². The van der Waals surface area contributed by atoms with Crippen molar-refractivity contribution in [3.63, 3.8) is 0 Å². The molecule has 0 spiro atoms. The molecule has 6 rings (SSSR count). The Labute approximate surface area is 224 Å². The molecule has 3 heterocycles. The molecule has 6 nitrogen and oxygen atoms in total. The molecule has 2 amide bonds. The first kappa shape index (κ1) is 24.8. The molecule has 0 radical (unpaired) electrons. The molecule has 6 heteroatoms. The van der Waals surface area contributed by atoms with Crippen LogP contribution in [0.3, 0.4) is 0 Å². The van der Waals surface area contributed by atoms with E-state index in [1.165, 1.54) is 11.1 Å². The minimum Gasteiger partial charge on any atom is -0.486 e. The lowest BCUT2D eigenvalue weighted by molar-refractivity contribution is -0.137. The number of carbonyl (C=O) groups is 2. The maximum absolute atomic E-state index is 13.7. The fraction of sp³-hybridized carbons (Fsp3) is 0.438. The Hall–Kier alpha value is -3.54. The van der Waals surface area contributed by atoms with Crippen LogP contribution < -0.4 is 4.74 Å². The van der Waals surface area contributed by atoms with Crippen LogP contribution in [0, 0.1) is 12.8 Å². The zero-order valence-corrected chi connectivity index (χ0v) is 22.2. The van der Waals surface area contributed by atoms with Gasteiger partial charge in [-0.05, 0) is 80.0 Å². The van der Waals surface area contributed by atoms with Crippen LogP contribution in [0.5, 0.6) is 5.75 Å². The summed E-state index contributed by atoms with van der Waals surface area (Å²) in [4.78, 5) is 30.3. The van der Waals surface area contributed by atoms with Crippen LogP contribution in [0.2, 0.25) is 0 Å². The zero-order chi connectivity index (χ0) is 26.1. The lowest BCUT2D eigenvalue weighted by atomic mass is 9.86. The highest BCUT2D eigenvalue weighted by Crippen LogP contribution is 2.40. The van der Waals surface area contributed by atoms with E-state index in [9.17, 15) is 9.59 Å². The summed E-state index contributed by atoms with van der Waals surface area (Å²) in [6.07, 6.45) is 7.23. The number of amides is 2. The van der Waals surface area contributed by atoms with Crippen molar-refractivity contribution >= 4 is 11.8 Å². The predicted octanol–water partition coefficient (Wildman–Crippen LogP) is 6.07. The van der Waals surface area contributed by atoms with E-state index >= 15 is 0 Å². The van der Waals surface area contributed by atoms with Crippen LogP contribution in [0.15, 0.2) is 59.0 Å². The number of furan rings is 1. The fourth-order valence-corrected chi connectivity index (χ4v) is 6.33. The van der Waals surface area contributed by atoms with E-state index in [2.05, 4.69) is 48.2 Å². The van der Waals surface area contributed by atoms with Crippen LogP contribution in [0.25, 0.3) is 0 Å². The average Bonchev–Trinajstić information content (AvgIpc) is 3.74. The van der Waals surface area contributed by atoms with Crippen molar-refractivity contribution < 1.29 is 18.7 Å². The third-order valence-corrected chi connectivity index (χ3v) is 8.34. The van der Waals surface area contributed by atoms with Gasteiger partial charge in [0.1, 0.15) is 18.1 Å². The van der Waals surface area contributed by atoms with Crippen molar-refractivity contribution in [1.29, 1.82) is 0 Å². The average molecular weight is 513 g/mol. The molecule has 2 aliphatic heterocycles. The molecule has 3 aliphatic rings. The minimum atomic E-state index is -0.122. The molecule has 3 aromatic rings. The summed E-state index contributed by atoms with van der Waals surface area (Å²) in [7, 11) is 0. The third kappa shape index (κ3) is 4.96. The number of carbonyl (C=O) groups excluding carboxylic acids is 2. The summed E-state index contributed by atoms with van der Waals surface area (Å²) in [6.45, 7) is 4.67. The number of hydrogen-bond acceptors (Lipinski definition) is 4. The van der Waals surface area contributed by atoms with Crippen LogP contribution in [0.4, 0.5) is 0 Å². The highest BCUT2D eigenvalue weighted by molar-refractivity contribution is 5.91. The monoisotopic (exact) mass is 512 g/mol. The van der Waals surface area contributed by atoms with Gasteiger partial charge in [-0.1, -0.05) is 48.7 Å². The standard InChI is InChI=1S/C32H36N2O4/c1-22-7-6-10-25(19-22)30-28-20-26(12-11-23(28)15-18-34(30)31(35)24-8-2-3-9-24)37-21-27-13-14-29(38-27)32(36)33-16-4-5-17-33/h6-7,10-14,19-20,24,30H,2-5,8-9,15-18,21H2,1H3. The highest BCUT2D eigenvalue weighted by atomic mass is 16.5. The molecule has 1 atom stereocenters. The first-order valence-corrected chi connectivity index (χ1v) is 14.1. The minimum absolute atomic E-state index is 0.0458. The topological polar surface area (TPSA) is 63.0 Å². The third-order valence-electron chi connectivity index (χ3n) is 8.34. The van der Waals surface area contributed by atoms with E-state index in [0.29, 0.717) is 11.5 Å². The molecule has 1 aromatic heterocycles. The molecule has 1 saturated carbocycles. The number of benzene rings is 2. The molecule has 1 aliphatic carbocycles. The van der Waals surface area contributed by atoms with E-state index < -0.39 is 0 Å². The Kier molecular flexibility index (Phi) is 6.96. The predicted molar refractivity (Wildman–Crippen MR) is 145 cm³/mol. The van der Waals surface area contributed by atoms with Gasteiger partial charge in [0, 0.05) is 25.6 Å².